The third-order valence-electron chi connectivity index (χ3n) is 5.48. The van der Waals surface area contributed by atoms with E-state index in [-0.39, 0.29) is 30.8 Å². The first-order valence-electron chi connectivity index (χ1n) is 9.83. The summed E-state index contributed by atoms with van der Waals surface area (Å²) in [5.74, 6) is -0.396. The van der Waals surface area contributed by atoms with Crippen molar-refractivity contribution >= 4 is 29.2 Å². The van der Waals surface area contributed by atoms with Gasteiger partial charge in [-0.25, -0.2) is 9.78 Å². The van der Waals surface area contributed by atoms with E-state index in [1.807, 2.05) is 17.5 Å². The highest BCUT2D eigenvalue weighted by Gasteiger charge is 2.50. The van der Waals surface area contributed by atoms with E-state index in [2.05, 4.69) is 20.6 Å². The molecule has 0 atom stereocenters. The Bertz CT molecular complexity index is 908. The molecule has 1 saturated carbocycles. The number of rotatable bonds is 6. The second kappa shape index (κ2) is 8.28. The van der Waals surface area contributed by atoms with Crippen LogP contribution < -0.4 is 10.6 Å². The molecule has 2 aromatic rings. The second-order valence-electron chi connectivity index (χ2n) is 7.42. The van der Waals surface area contributed by atoms with Gasteiger partial charge in [0.1, 0.15) is 10.5 Å². The summed E-state index contributed by atoms with van der Waals surface area (Å²) in [4.78, 5) is 46.9. The van der Waals surface area contributed by atoms with Crippen molar-refractivity contribution in [1.29, 1.82) is 0 Å². The Morgan fingerprint density at radius 3 is 2.72 bits per heavy atom. The Morgan fingerprint density at radius 1 is 1.21 bits per heavy atom. The molecule has 29 heavy (non-hydrogen) atoms. The molecule has 2 fully saturated rings. The predicted octanol–water partition coefficient (Wildman–Crippen LogP) is 2.47. The molecule has 9 heteroatoms. The zero-order chi connectivity index (χ0) is 20.3. The summed E-state index contributed by atoms with van der Waals surface area (Å²) >= 11 is 1.47. The summed E-state index contributed by atoms with van der Waals surface area (Å²) in [5.41, 5.74) is 1.08. The Labute approximate surface area is 172 Å². The number of hydrogen-bond donors (Lipinski definition) is 2. The Kier molecular flexibility index (Phi) is 5.57. The van der Waals surface area contributed by atoms with Crippen LogP contribution in [0.5, 0.6) is 0 Å². The summed E-state index contributed by atoms with van der Waals surface area (Å²) in [6, 6.07) is 3.38. The fourth-order valence-electron chi connectivity index (χ4n) is 3.90. The number of urea groups is 1. The normalized spacial score (nSPS) is 18.1. The maximum Gasteiger partial charge on any atom is 0.325 e. The zero-order valence-corrected chi connectivity index (χ0v) is 16.8. The SMILES string of the molecule is O=C(CCN1C(=O)NC2(CCCCC2)C1=O)NCc1nc(-c2ccncc2)cs1. The lowest BCUT2D eigenvalue weighted by Gasteiger charge is -2.30. The molecule has 0 radical (unpaired) electrons. The number of amides is 4. The first-order chi connectivity index (χ1) is 14.1. The van der Waals surface area contributed by atoms with E-state index >= 15 is 0 Å². The number of carbonyl (C=O) groups excluding carboxylic acids is 3. The molecule has 152 valence electrons. The summed E-state index contributed by atoms with van der Waals surface area (Å²) < 4.78 is 0. The first-order valence-corrected chi connectivity index (χ1v) is 10.7. The number of aromatic nitrogens is 2. The van der Waals surface area contributed by atoms with Crippen molar-refractivity contribution in [2.45, 2.75) is 50.6 Å². The molecule has 2 aromatic heterocycles. The Balaban J connectivity index is 1.27. The van der Waals surface area contributed by atoms with Crippen LogP contribution in [0.3, 0.4) is 0 Å². The van der Waals surface area contributed by atoms with Crippen molar-refractivity contribution in [3.8, 4) is 11.3 Å². The highest BCUT2D eigenvalue weighted by molar-refractivity contribution is 7.09. The number of nitrogens with zero attached hydrogens (tertiary/aromatic N) is 3. The van der Waals surface area contributed by atoms with Crippen molar-refractivity contribution in [2.24, 2.45) is 0 Å². The summed E-state index contributed by atoms with van der Waals surface area (Å²) in [7, 11) is 0. The van der Waals surface area contributed by atoms with Crippen LogP contribution in [0.1, 0.15) is 43.5 Å². The molecule has 1 aliphatic heterocycles. The lowest BCUT2D eigenvalue weighted by molar-refractivity contribution is -0.132. The number of hydrogen-bond acceptors (Lipinski definition) is 6. The van der Waals surface area contributed by atoms with Crippen LogP contribution in [0.2, 0.25) is 0 Å². The largest absolute Gasteiger partial charge is 0.350 e. The van der Waals surface area contributed by atoms with Crippen LogP contribution in [-0.4, -0.2) is 44.8 Å². The van der Waals surface area contributed by atoms with E-state index in [0.717, 1.165) is 35.5 Å². The smallest absolute Gasteiger partial charge is 0.325 e. The molecular formula is C20H23N5O3S. The molecule has 4 rings (SSSR count). The molecule has 0 unspecified atom stereocenters. The number of nitrogens with one attached hydrogen (secondary N) is 2. The Morgan fingerprint density at radius 2 is 1.97 bits per heavy atom. The standard InChI is InChI=1S/C20H23N5O3S/c26-16(22-12-17-23-15(13-29-17)14-4-9-21-10-5-14)6-11-25-18(27)20(24-19(25)28)7-2-1-3-8-20/h4-5,9-10,13H,1-3,6-8,11-12H2,(H,22,26)(H,24,28). The quantitative estimate of drug-likeness (QED) is 0.708. The molecule has 4 amide bonds. The zero-order valence-electron chi connectivity index (χ0n) is 16.0. The summed E-state index contributed by atoms with van der Waals surface area (Å²) in [5, 5.41) is 8.41. The van der Waals surface area contributed by atoms with Crippen LogP contribution in [0.4, 0.5) is 4.79 Å². The minimum atomic E-state index is -0.740. The van der Waals surface area contributed by atoms with Crippen LogP contribution in [0.15, 0.2) is 29.9 Å². The van der Waals surface area contributed by atoms with Gasteiger partial charge in [0, 0.05) is 36.3 Å². The van der Waals surface area contributed by atoms with Gasteiger partial charge in [-0.1, -0.05) is 19.3 Å². The van der Waals surface area contributed by atoms with Gasteiger partial charge in [0.25, 0.3) is 5.91 Å². The van der Waals surface area contributed by atoms with Crippen LogP contribution >= 0.6 is 11.3 Å². The lowest BCUT2D eigenvalue weighted by Crippen LogP contribution is -2.48. The molecule has 2 N–H and O–H groups in total. The summed E-state index contributed by atoms with van der Waals surface area (Å²) in [6.07, 6.45) is 7.84. The van der Waals surface area contributed by atoms with Gasteiger partial charge in [0.2, 0.25) is 5.91 Å². The van der Waals surface area contributed by atoms with Crippen molar-refractivity contribution in [1.82, 2.24) is 25.5 Å². The topological polar surface area (TPSA) is 104 Å². The van der Waals surface area contributed by atoms with Crippen LogP contribution in [0, 0.1) is 0 Å². The molecule has 0 bridgehead atoms. The van der Waals surface area contributed by atoms with Gasteiger partial charge in [-0.3, -0.25) is 19.5 Å². The number of carbonyl (C=O) groups is 3. The van der Waals surface area contributed by atoms with Gasteiger partial charge in [0.15, 0.2) is 0 Å². The first kappa shape index (κ1) is 19.5. The van der Waals surface area contributed by atoms with Gasteiger partial charge in [-0.15, -0.1) is 11.3 Å². The summed E-state index contributed by atoms with van der Waals surface area (Å²) in [6.45, 7) is 0.414. The van der Waals surface area contributed by atoms with E-state index in [9.17, 15) is 14.4 Å². The van der Waals surface area contributed by atoms with E-state index < -0.39 is 5.54 Å². The van der Waals surface area contributed by atoms with Crippen molar-refractivity contribution < 1.29 is 14.4 Å². The molecule has 0 aromatic carbocycles. The monoisotopic (exact) mass is 413 g/mol. The lowest BCUT2D eigenvalue weighted by atomic mass is 9.82. The minimum absolute atomic E-state index is 0.0812. The maximum atomic E-state index is 12.7. The minimum Gasteiger partial charge on any atom is -0.350 e. The van der Waals surface area contributed by atoms with Crippen LogP contribution in [-0.2, 0) is 16.1 Å². The third-order valence-corrected chi connectivity index (χ3v) is 6.33. The van der Waals surface area contributed by atoms with Crippen molar-refractivity contribution in [3.05, 3.63) is 34.9 Å². The van der Waals surface area contributed by atoms with Crippen LogP contribution in [0.25, 0.3) is 11.3 Å². The van der Waals surface area contributed by atoms with E-state index in [1.54, 1.807) is 12.4 Å². The van der Waals surface area contributed by atoms with E-state index in [4.69, 9.17) is 0 Å². The number of imide groups is 1. The van der Waals surface area contributed by atoms with Crippen molar-refractivity contribution in [2.75, 3.05) is 6.54 Å². The Hall–Kier alpha value is -2.81. The van der Waals surface area contributed by atoms with Gasteiger partial charge in [-0.05, 0) is 25.0 Å². The number of pyridine rings is 1. The van der Waals surface area contributed by atoms with Gasteiger partial charge in [-0.2, -0.15) is 0 Å². The second-order valence-corrected chi connectivity index (χ2v) is 8.36. The molecule has 8 nitrogen and oxygen atoms in total. The molecule has 1 spiro atoms. The fraction of sp³-hybridized carbons (Fsp3) is 0.450. The fourth-order valence-corrected chi connectivity index (χ4v) is 4.64. The van der Waals surface area contributed by atoms with Crippen molar-refractivity contribution in [3.63, 3.8) is 0 Å². The van der Waals surface area contributed by atoms with E-state index in [0.29, 0.717) is 19.4 Å². The molecular weight excluding hydrogens is 390 g/mol. The average molecular weight is 414 g/mol. The van der Waals surface area contributed by atoms with E-state index in [1.165, 1.54) is 16.2 Å². The predicted molar refractivity (Wildman–Crippen MR) is 108 cm³/mol. The molecule has 1 saturated heterocycles. The number of thiazole rings is 1. The third kappa shape index (κ3) is 4.14. The van der Waals surface area contributed by atoms with Gasteiger partial charge >= 0.3 is 6.03 Å². The highest BCUT2D eigenvalue weighted by Crippen LogP contribution is 2.33. The molecule has 2 aliphatic rings. The maximum absolute atomic E-state index is 12.7. The molecule has 3 heterocycles. The average Bonchev–Trinajstić information content (AvgIpc) is 3.30. The van der Waals surface area contributed by atoms with Gasteiger partial charge in [0.05, 0.1) is 12.2 Å². The molecule has 1 aliphatic carbocycles. The van der Waals surface area contributed by atoms with Gasteiger partial charge < -0.3 is 10.6 Å². The highest BCUT2D eigenvalue weighted by atomic mass is 32.1.